The summed E-state index contributed by atoms with van der Waals surface area (Å²) in [5.74, 6) is 1.35. The van der Waals surface area contributed by atoms with Gasteiger partial charge in [0.1, 0.15) is 5.75 Å². The number of alkyl halides is 2. The summed E-state index contributed by atoms with van der Waals surface area (Å²) < 4.78 is 28.6. The second-order valence-corrected chi connectivity index (χ2v) is 4.73. The first-order valence-corrected chi connectivity index (χ1v) is 6.49. The fraction of sp³-hybridized carbons (Fsp3) is 0.500. The predicted octanol–water partition coefficient (Wildman–Crippen LogP) is 2.61. The molecule has 2 N–H and O–H groups in total. The van der Waals surface area contributed by atoms with E-state index in [0.29, 0.717) is 18.4 Å². The van der Waals surface area contributed by atoms with Crippen LogP contribution in [0.5, 0.6) is 5.75 Å². The second-order valence-electron chi connectivity index (χ2n) is 4.73. The maximum Gasteiger partial charge on any atom is 0.387 e. The number of nitrogens with one attached hydrogen (secondary N) is 2. The van der Waals surface area contributed by atoms with E-state index in [9.17, 15) is 8.78 Å². The Morgan fingerprint density at radius 2 is 2.05 bits per heavy atom. The Hall–Kier alpha value is -1.85. The van der Waals surface area contributed by atoms with Crippen molar-refractivity contribution in [3.8, 4) is 5.75 Å². The Morgan fingerprint density at radius 3 is 2.65 bits per heavy atom. The molecule has 0 heterocycles. The van der Waals surface area contributed by atoms with Crippen molar-refractivity contribution in [2.24, 2.45) is 10.9 Å². The maximum absolute atomic E-state index is 12.1. The van der Waals surface area contributed by atoms with E-state index in [2.05, 4.69) is 34.2 Å². The second kappa shape index (κ2) is 8.35. The molecule has 0 aliphatic heterocycles. The topological polar surface area (TPSA) is 45.7 Å². The van der Waals surface area contributed by atoms with Gasteiger partial charge >= 0.3 is 6.61 Å². The molecule has 0 aliphatic rings. The van der Waals surface area contributed by atoms with E-state index in [-0.39, 0.29) is 5.75 Å². The molecule has 0 aromatic heterocycles. The highest BCUT2D eigenvalue weighted by atomic mass is 19.3. The van der Waals surface area contributed by atoms with E-state index in [1.54, 1.807) is 19.2 Å². The normalized spacial score (nSPS) is 11.8. The number of hydrogen-bond acceptors (Lipinski definition) is 2. The van der Waals surface area contributed by atoms with Crippen molar-refractivity contribution in [2.45, 2.75) is 27.0 Å². The lowest BCUT2D eigenvalue weighted by Gasteiger charge is -2.14. The van der Waals surface area contributed by atoms with Gasteiger partial charge in [-0.05, 0) is 23.6 Å². The SMILES string of the molecule is CN=C(NCc1cccc(OC(F)F)c1)NCC(C)C. The van der Waals surface area contributed by atoms with Crippen LogP contribution in [0.1, 0.15) is 19.4 Å². The zero-order valence-corrected chi connectivity index (χ0v) is 12.0. The first-order chi connectivity index (χ1) is 9.51. The lowest BCUT2D eigenvalue weighted by atomic mass is 10.2. The summed E-state index contributed by atoms with van der Waals surface area (Å²) in [6.45, 7) is 2.70. The van der Waals surface area contributed by atoms with Crippen LogP contribution in [-0.4, -0.2) is 26.2 Å². The Kier molecular flexibility index (Phi) is 6.76. The average molecular weight is 285 g/mol. The summed E-state index contributed by atoms with van der Waals surface area (Å²) in [5.41, 5.74) is 0.843. The molecule has 20 heavy (non-hydrogen) atoms. The van der Waals surface area contributed by atoms with Crippen LogP contribution in [0.3, 0.4) is 0 Å². The number of benzene rings is 1. The largest absolute Gasteiger partial charge is 0.435 e. The minimum absolute atomic E-state index is 0.157. The molecule has 6 heteroatoms. The molecule has 112 valence electrons. The summed E-state index contributed by atoms with van der Waals surface area (Å²) in [6, 6.07) is 6.59. The van der Waals surface area contributed by atoms with Crippen molar-refractivity contribution < 1.29 is 13.5 Å². The molecule has 0 spiro atoms. The molecule has 0 aliphatic carbocycles. The smallest absolute Gasteiger partial charge is 0.387 e. The van der Waals surface area contributed by atoms with Gasteiger partial charge in [-0.2, -0.15) is 8.78 Å². The lowest BCUT2D eigenvalue weighted by Crippen LogP contribution is -2.38. The third kappa shape index (κ3) is 6.36. The molecule has 0 saturated heterocycles. The number of guanidine groups is 1. The van der Waals surface area contributed by atoms with Gasteiger partial charge < -0.3 is 15.4 Å². The Morgan fingerprint density at radius 1 is 1.30 bits per heavy atom. The van der Waals surface area contributed by atoms with Gasteiger partial charge in [-0.25, -0.2) is 0 Å². The summed E-state index contributed by atoms with van der Waals surface area (Å²) in [4.78, 5) is 4.09. The fourth-order valence-electron chi connectivity index (χ4n) is 1.54. The van der Waals surface area contributed by atoms with Crippen molar-refractivity contribution in [2.75, 3.05) is 13.6 Å². The third-order valence-corrected chi connectivity index (χ3v) is 2.48. The van der Waals surface area contributed by atoms with Gasteiger partial charge in [0.05, 0.1) is 0 Å². The molecule has 1 aromatic carbocycles. The highest BCUT2D eigenvalue weighted by Crippen LogP contribution is 2.15. The number of nitrogens with zero attached hydrogens (tertiary/aromatic N) is 1. The highest BCUT2D eigenvalue weighted by molar-refractivity contribution is 5.79. The predicted molar refractivity (Wildman–Crippen MR) is 76.1 cm³/mol. The molecule has 4 nitrogen and oxygen atoms in total. The van der Waals surface area contributed by atoms with E-state index in [4.69, 9.17) is 0 Å². The summed E-state index contributed by atoms with van der Waals surface area (Å²) >= 11 is 0. The van der Waals surface area contributed by atoms with E-state index in [1.165, 1.54) is 6.07 Å². The van der Waals surface area contributed by atoms with Crippen LogP contribution in [0.25, 0.3) is 0 Å². The molecule has 0 saturated carbocycles. The number of halogens is 2. The number of rotatable bonds is 6. The van der Waals surface area contributed by atoms with Gasteiger partial charge in [-0.1, -0.05) is 26.0 Å². The molecule has 0 atom stereocenters. The Labute approximate surface area is 118 Å². The van der Waals surface area contributed by atoms with Crippen LogP contribution in [0.2, 0.25) is 0 Å². The Balaban J connectivity index is 2.51. The standard InChI is InChI=1S/C14H21F2N3O/c1-10(2)8-18-14(17-3)19-9-11-5-4-6-12(7-11)20-13(15)16/h4-7,10,13H,8-9H2,1-3H3,(H2,17,18,19). The molecule has 0 unspecified atom stereocenters. The third-order valence-electron chi connectivity index (χ3n) is 2.48. The van der Waals surface area contributed by atoms with Crippen LogP contribution in [-0.2, 0) is 6.54 Å². The minimum Gasteiger partial charge on any atom is -0.435 e. The highest BCUT2D eigenvalue weighted by Gasteiger charge is 2.05. The molecule has 1 aromatic rings. The van der Waals surface area contributed by atoms with Crippen molar-refractivity contribution >= 4 is 5.96 Å². The summed E-state index contributed by atoms with van der Waals surface area (Å²) in [5, 5.41) is 6.29. The van der Waals surface area contributed by atoms with Crippen LogP contribution in [0.4, 0.5) is 8.78 Å². The first kappa shape index (κ1) is 16.2. The zero-order valence-electron chi connectivity index (χ0n) is 12.0. The molecule has 0 amide bonds. The van der Waals surface area contributed by atoms with Gasteiger partial charge in [0.15, 0.2) is 5.96 Å². The van der Waals surface area contributed by atoms with Gasteiger partial charge in [0, 0.05) is 20.1 Å². The molecule has 1 rings (SSSR count). The lowest BCUT2D eigenvalue weighted by molar-refractivity contribution is -0.0498. The zero-order chi connectivity index (χ0) is 15.0. The molecular formula is C14H21F2N3O. The van der Waals surface area contributed by atoms with E-state index >= 15 is 0 Å². The number of hydrogen-bond donors (Lipinski definition) is 2. The van der Waals surface area contributed by atoms with Gasteiger partial charge in [0.2, 0.25) is 0 Å². The van der Waals surface area contributed by atoms with Crippen LogP contribution >= 0.6 is 0 Å². The van der Waals surface area contributed by atoms with Crippen molar-refractivity contribution in [3.05, 3.63) is 29.8 Å². The fourth-order valence-corrected chi connectivity index (χ4v) is 1.54. The van der Waals surface area contributed by atoms with Gasteiger partial charge in [-0.3, -0.25) is 4.99 Å². The quantitative estimate of drug-likeness (QED) is 0.624. The molecular weight excluding hydrogens is 264 g/mol. The maximum atomic E-state index is 12.1. The molecule has 0 fully saturated rings. The van der Waals surface area contributed by atoms with E-state index in [0.717, 1.165) is 12.1 Å². The number of ether oxygens (including phenoxy) is 1. The van der Waals surface area contributed by atoms with Crippen molar-refractivity contribution in [3.63, 3.8) is 0 Å². The van der Waals surface area contributed by atoms with E-state index < -0.39 is 6.61 Å². The van der Waals surface area contributed by atoms with Crippen LogP contribution in [0, 0.1) is 5.92 Å². The van der Waals surface area contributed by atoms with Crippen molar-refractivity contribution in [1.82, 2.24) is 10.6 Å². The first-order valence-electron chi connectivity index (χ1n) is 6.49. The van der Waals surface area contributed by atoms with Crippen molar-refractivity contribution in [1.29, 1.82) is 0 Å². The monoisotopic (exact) mass is 285 g/mol. The van der Waals surface area contributed by atoms with Gasteiger partial charge in [-0.15, -0.1) is 0 Å². The van der Waals surface area contributed by atoms with Crippen LogP contribution < -0.4 is 15.4 Å². The average Bonchev–Trinajstić information content (AvgIpc) is 2.38. The van der Waals surface area contributed by atoms with Crippen LogP contribution in [0.15, 0.2) is 29.3 Å². The number of aliphatic imine (C=N–C) groups is 1. The summed E-state index contributed by atoms with van der Waals surface area (Å²) in [6.07, 6.45) is 0. The Bertz CT molecular complexity index is 436. The van der Waals surface area contributed by atoms with E-state index in [1.807, 2.05) is 6.07 Å². The minimum atomic E-state index is -2.81. The molecule has 0 bridgehead atoms. The summed E-state index contributed by atoms with van der Waals surface area (Å²) in [7, 11) is 1.69. The molecule has 0 radical (unpaired) electrons. The van der Waals surface area contributed by atoms with Gasteiger partial charge in [0.25, 0.3) is 0 Å².